The number of nitrogens with one attached hydrogen (secondary N) is 1. The number of hydrogen-bond acceptors (Lipinski definition) is 2. The van der Waals surface area contributed by atoms with Crippen LogP contribution >= 0.6 is 0 Å². The van der Waals surface area contributed by atoms with Gasteiger partial charge in [0.05, 0.1) is 0 Å². The maximum atomic E-state index is 5.23. The van der Waals surface area contributed by atoms with Gasteiger partial charge in [0.15, 0.2) is 0 Å². The van der Waals surface area contributed by atoms with Gasteiger partial charge in [-0.25, -0.2) is 0 Å². The van der Waals surface area contributed by atoms with Crippen LogP contribution in [0.4, 0.5) is 0 Å². The van der Waals surface area contributed by atoms with Crippen LogP contribution in [0.25, 0.3) is 0 Å². The average molecular weight is 124 g/mol. The van der Waals surface area contributed by atoms with Crippen molar-refractivity contribution in [1.82, 2.24) is 5.43 Å². The van der Waals surface area contributed by atoms with E-state index in [1.165, 1.54) is 5.57 Å². The Kier molecular flexibility index (Phi) is 1.90. The molecule has 1 aliphatic rings. The fourth-order valence-corrected chi connectivity index (χ4v) is 0.949. The van der Waals surface area contributed by atoms with Crippen LogP contribution in [-0.2, 0) is 0 Å². The molecule has 0 heterocycles. The number of hydrazine groups is 1. The molecule has 0 aliphatic heterocycles. The summed E-state index contributed by atoms with van der Waals surface area (Å²) >= 11 is 0. The van der Waals surface area contributed by atoms with E-state index in [1.54, 1.807) is 0 Å². The Hall–Kier alpha value is -0.760. The molecular formula is C7H12N2. The van der Waals surface area contributed by atoms with Gasteiger partial charge >= 0.3 is 0 Å². The van der Waals surface area contributed by atoms with Gasteiger partial charge in [0.2, 0.25) is 0 Å². The molecular weight excluding hydrogens is 112 g/mol. The van der Waals surface area contributed by atoms with Crippen LogP contribution in [0.5, 0.6) is 0 Å². The molecule has 0 radical (unpaired) electrons. The molecule has 0 fully saturated rings. The van der Waals surface area contributed by atoms with Crippen molar-refractivity contribution >= 4 is 0 Å². The molecule has 0 atom stereocenters. The molecule has 0 aromatic carbocycles. The highest BCUT2D eigenvalue weighted by atomic mass is 15.2. The Balaban J connectivity index is 2.72. The molecule has 3 N–H and O–H groups in total. The van der Waals surface area contributed by atoms with E-state index in [4.69, 9.17) is 5.84 Å². The molecule has 0 saturated carbocycles. The lowest BCUT2D eigenvalue weighted by atomic mass is 10.0. The van der Waals surface area contributed by atoms with Gasteiger partial charge in [-0.1, -0.05) is 6.08 Å². The molecule has 1 aliphatic carbocycles. The molecule has 2 heteroatoms. The summed E-state index contributed by atoms with van der Waals surface area (Å²) in [5.74, 6) is 5.23. The van der Waals surface area contributed by atoms with Crippen molar-refractivity contribution in [3.63, 3.8) is 0 Å². The monoisotopic (exact) mass is 124 g/mol. The van der Waals surface area contributed by atoms with E-state index in [-0.39, 0.29) is 0 Å². The third-order valence-corrected chi connectivity index (χ3v) is 1.59. The fourth-order valence-electron chi connectivity index (χ4n) is 0.949. The molecule has 0 unspecified atom stereocenters. The zero-order chi connectivity index (χ0) is 6.69. The van der Waals surface area contributed by atoms with Crippen molar-refractivity contribution in [1.29, 1.82) is 0 Å². The molecule has 0 aromatic rings. The highest BCUT2D eigenvalue weighted by molar-refractivity contribution is 5.25. The van der Waals surface area contributed by atoms with Crippen molar-refractivity contribution < 1.29 is 0 Å². The first-order chi connectivity index (χ1) is 4.34. The van der Waals surface area contributed by atoms with E-state index in [0.717, 1.165) is 18.5 Å². The third kappa shape index (κ3) is 1.33. The van der Waals surface area contributed by atoms with Gasteiger partial charge in [0, 0.05) is 5.70 Å². The summed E-state index contributed by atoms with van der Waals surface area (Å²) in [6.45, 7) is 2.10. The van der Waals surface area contributed by atoms with Crippen LogP contribution < -0.4 is 11.3 Å². The van der Waals surface area contributed by atoms with E-state index >= 15 is 0 Å². The van der Waals surface area contributed by atoms with Crippen LogP contribution in [0.2, 0.25) is 0 Å². The van der Waals surface area contributed by atoms with E-state index in [1.807, 2.05) is 6.08 Å². The van der Waals surface area contributed by atoms with Gasteiger partial charge in [0.25, 0.3) is 0 Å². The van der Waals surface area contributed by atoms with Crippen LogP contribution in [0.15, 0.2) is 23.4 Å². The fraction of sp³-hybridized carbons (Fsp3) is 0.429. The topological polar surface area (TPSA) is 38.0 Å². The molecule has 9 heavy (non-hydrogen) atoms. The van der Waals surface area contributed by atoms with Crippen molar-refractivity contribution in [2.75, 3.05) is 0 Å². The van der Waals surface area contributed by atoms with Gasteiger partial charge in [-0.2, -0.15) is 0 Å². The summed E-state index contributed by atoms with van der Waals surface area (Å²) in [4.78, 5) is 0. The van der Waals surface area contributed by atoms with Crippen LogP contribution in [-0.4, -0.2) is 0 Å². The highest BCUT2D eigenvalue weighted by Gasteiger charge is 1.99. The Morgan fingerprint density at radius 1 is 1.67 bits per heavy atom. The summed E-state index contributed by atoms with van der Waals surface area (Å²) < 4.78 is 0. The van der Waals surface area contributed by atoms with Gasteiger partial charge in [-0.3, -0.25) is 5.84 Å². The lowest BCUT2D eigenvalue weighted by molar-refractivity contribution is 0.837. The molecule has 0 aromatic heterocycles. The van der Waals surface area contributed by atoms with Gasteiger partial charge in [-0.05, 0) is 31.4 Å². The average Bonchev–Trinajstić information content (AvgIpc) is 1.89. The summed E-state index contributed by atoms with van der Waals surface area (Å²) in [5, 5.41) is 0. The van der Waals surface area contributed by atoms with E-state index in [0.29, 0.717) is 0 Å². The summed E-state index contributed by atoms with van der Waals surface area (Å²) in [5.41, 5.74) is 5.06. The Morgan fingerprint density at radius 3 is 2.89 bits per heavy atom. The van der Waals surface area contributed by atoms with E-state index < -0.39 is 0 Å². The largest absolute Gasteiger partial charge is 0.324 e. The van der Waals surface area contributed by atoms with Gasteiger partial charge < -0.3 is 5.43 Å². The Labute approximate surface area is 55.4 Å². The summed E-state index contributed by atoms with van der Waals surface area (Å²) in [6.07, 6.45) is 6.44. The SMILES string of the molecule is CC1=C(NN)C=CCC1. The number of nitrogens with two attached hydrogens (primary N) is 1. The highest BCUT2D eigenvalue weighted by Crippen LogP contribution is 2.14. The molecule has 0 bridgehead atoms. The van der Waals surface area contributed by atoms with Gasteiger partial charge in [-0.15, -0.1) is 0 Å². The van der Waals surface area contributed by atoms with Crippen molar-refractivity contribution in [3.05, 3.63) is 23.4 Å². The predicted molar refractivity (Wildman–Crippen MR) is 38.4 cm³/mol. The Morgan fingerprint density at radius 2 is 2.44 bits per heavy atom. The summed E-state index contributed by atoms with van der Waals surface area (Å²) in [7, 11) is 0. The van der Waals surface area contributed by atoms with E-state index in [2.05, 4.69) is 18.4 Å². The number of hydrogen-bond donors (Lipinski definition) is 2. The van der Waals surface area contributed by atoms with Gasteiger partial charge in [0.1, 0.15) is 0 Å². The predicted octanol–water partition coefficient (Wildman–Crippen LogP) is 1.07. The normalized spacial score (nSPS) is 18.4. The Bertz CT molecular complexity index is 156. The van der Waals surface area contributed by atoms with Crippen LogP contribution in [0.1, 0.15) is 19.8 Å². The lowest BCUT2D eigenvalue weighted by Gasteiger charge is -2.10. The minimum atomic E-state index is 1.07. The maximum Gasteiger partial charge on any atom is 0.0471 e. The second kappa shape index (κ2) is 2.69. The maximum absolute atomic E-state index is 5.23. The summed E-state index contributed by atoms with van der Waals surface area (Å²) in [6, 6.07) is 0. The molecule has 50 valence electrons. The third-order valence-electron chi connectivity index (χ3n) is 1.59. The molecule has 0 saturated heterocycles. The second-order valence-electron chi connectivity index (χ2n) is 2.28. The molecule has 0 amide bonds. The number of rotatable bonds is 1. The van der Waals surface area contributed by atoms with Crippen LogP contribution in [0.3, 0.4) is 0 Å². The second-order valence-corrected chi connectivity index (χ2v) is 2.28. The smallest absolute Gasteiger partial charge is 0.0471 e. The minimum Gasteiger partial charge on any atom is -0.324 e. The standard InChI is InChI=1S/C7H12N2/c1-6-4-2-3-5-7(6)9-8/h3,5,9H,2,4,8H2,1H3. The number of allylic oxidation sites excluding steroid dienone is 3. The van der Waals surface area contributed by atoms with Crippen molar-refractivity contribution in [2.24, 2.45) is 5.84 Å². The van der Waals surface area contributed by atoms with Crippen molar-refractivity contribution in [3.8, 4) is 0 Å². The zero-order valence-corrected chi connectivity index (χ0v) is 5.65. The first-order valence-corrected chi connectivity index (χ1v) is 3.17. The van der Waals surface area contributed by atoms with E-state index in [9.17, 15) is 0 Å². The molecule has 2 nitrogen and oxygen atoms in total. The lowest BCUT2D eigenvalue weighted by Crippen LogP contribution is -2.21. The quantitative estimate of drug-likeness (QED) is 0.405. The molecule has 0 spiro atoms. The van der Waals surface area contributed by atoms with Crippen molar-refractivity contribution in [2.45, 2.75) is 19.8 Å². The first-order valence-electron chi connectivity index (χ1n) is 3.17. The first kappa shape index (κ1) is 6.36. The molecule has 1 rings (SSSR count). The minimum absolute atomic E-state index is 1.07. The zero-order valence-electron chi connectivity index (χ0n) is 5.65. The van der Waals surface area contributed by atoms with Crippen LogP contribution in [0, 0.1) is 0 Å².